The number of pyridine rings is 1. The van der Waals surface area contributed by atoms with Gasteiger partial charge in [0, 0.05) is 12.6 Å². The molecule has 1 unspecified atom stereocenters. The van der Waals surface area contributed by atoms with Crippen molar-refractivity contribution in [3.63, 3.8) is 0 Å². The van der Waals surface area contributed by atoms with Gasteiger partial charge >= 0.3 is 5.69 Å². The molecule has 7 nitrogen and oxygen atoms in total. The largest absolute Gasteiger partial charge is 0.385 e. The van der Waals surface area contributed by atoms with Gasteiger partial charge in [0.05, 0.1) is 10.6 Å². The summed E-state index contributed by atoms with van der Waals surface area (Å²) in [6, 6.07) is 2.52. The Labute approximate surface area is 79.5 Å². The Kier molecular flexibility index (Phi) is 2.95. The number of aliphatic hydroxyl groups is 1. The molecule has 1 atom stereocenters. The third kappa shape index (κ3) is 1.95. The topological polar surface area (TPSA) is 128 Å². The molecule has 0 aliphatic carbocycles. The molecule has 0 bridgehead atoms. The minimum atomic E-state index is -0.946. The zero-order valence-corrected chi connectivity index (χ0v) is 7.25. The number of rotatable bonds is 3. The van der Waals surface area contributed by atoms with Crippen molar-refractivity contribution in [3.05, 3.63) is 27.9 Å². The Hall–Kier alpha value is -1.73. The van der Waals surface area contributed by atoms with E-state index >= 15 is 0 Å². The fourth-order valence-corrected chi connectivity index (χ4v) is 0.944. The third-order valence-corrected chi connectivity index (χ3v) is 1.69. The van der Waals surface area contributed by atoms with E-state index in [9.17, 15) is 15.2 Å². The molecule has 14 heavy (non-hydrogen) atoms. The summed E-state index contributed by atoms with van der Waals surface area (Å²) in [6.07, 6.45) is -0.946. The maximum absolute atomic E-state index is 10.4. The van der Waals surface area contributed by atoms with Crippen molar-refractivity contribution in [3.8, 4) is 0 Å². The molecule has 0 radical (unpaired) electrons. The van der Waals surface area contributed by atoms with Crippen molar-refractivity contribution in [1.29, 1.82) is 0 Å². The molecule has 0 saturated carbocycles. The standard InChI is InChI=1S/C7H10N4O3/c8-3-6(12)4-1-2-5(11(13)14)7(9)10-4/h1-2,6,12H,3,8H2,(H2,9,10). The second-order valence-electron chi connectivity index (χ2n) is 2.65. The number of nitrogen functional groups attached to an aromatic ring is 1. The second-order valence-corrected chi connectivity index (χ2v) is 2.65. The fraction of sp³-hybridized carbons (Fsp3) is 0.286. The van der Waals surface area contributed by atoms with Gasteiger partial charge in [-0.05, 0) is 6.07 Å². The number of nitrogens with two attached hydrogens (primary N) is 2. The molecule has 1 heterocycles. The molecule has 5 N–H and O–H groups in total. The molecular formula is C7H10N4O3. The normalized spacial score (nSPS) is 12.4. The zero-order valence-electron chi connectivity index (χ0n) is 7.25. The summed E-state index contributed by atoms with van der Waals surface area (Å²) in [6.45, 7) is -0.00967. The van der Waals surface area contributed by atoms with Crippen LogP contribution in [0, 0.1) is 10.1 Å². The van der Waals surface area contributed by atoms with Crippen molar-refractivity contribution >= 4 is 11.5 Å². The molecule has 0 aliphatic rings. The highest BCUT2D eigenvalue weighted by Crippen LogP contribution is 2.20. The van der Waals surface area contributed by atoms with Crippen LogP contribution in [0.2, 0.25) is 0 Å². The Balaban J connectivity index is 3.06. The van der Waals surface area contributed by atoms with Crippen LogP contribution < -0.4 is 11.5 Å². The van der Waals surface area contributed by atoms with Crippen LogP contribution in [0.1, 0.15) is 11.8 Å². The first-order valence-electron chi connectivity index (χ1n) is 3.85. The predicted molar refractivity (Wildman–Crippen MR) is 49.3 cm³/mol. The van der Waals surface area contributed by atoms with Crippen LogP contribution in [0.3, 0.4) is 0 Å². The number of aliphatic hydroxyl groups excluding tert-OH is 1. The minimum Gasteiger partial charge on any atom is -0.385 e. The third-order valence-electron chi connectivity index (χ3n) is 1.69. The van der Waals surface area contributed by atoms with Crippen molar-refractivity contribution in [2.75, 3.05) is 12.3 Å². The Bertz CT molecular complexity index is 355. The van der Waals surface area contributed by atoms with Gasteiger partial charge in [-0.1, -0.05) is 0 Å². The van der Waals surface area contributed by atoms with Gasteiger partial charge in [-0.25, -0.2) is 4.98 Å². The molecule has 1 aromatic heterocycles. The molecule has 1 aromatic rings. The highest BCUT2D eigenvalue weighted by atomic mass is 16.6. The van der Waals surface area contributed by atoms with E-state index in [-0.39, 0.29) is 23.7 Å². The van der Waals surface area contributed by atoms with E-state index in [4.69, 9.17) is 11.5 Å². The number of hydrogen-bond acceptors (Lipinski definition) is 6. The highest BCUT2D eigenvalue weighted by Gasteiger charge is 2.15. The Morgan fingerprint density at radius 2 is 2.29 bits per heavy atom. The van der Waals surface area contributed by atoms with Crippen LogP contribution >= 0.6 is 0 Å². The van der Waals surface area contributed by atoms with E-state index in [0.717, 1.165) is 0 Å². The van der Waals surface area contributed by atoms with Crippen molar-refractivity contribution < 1.29 is 10.0 Å². The molecule has 0 aliphatic heterocycles. The maximum atomic E-state index is 10.4. The number of nitrogens with zero attached hydrogens (tertiary/aromatic N) is 2. The van der Waals surface area contributed by atoms with Gasteiger partial charge in [0.2, 0.25) is 5.82 Å². The average molecular weight is 198 g/mol. The lowest BCUT2D eigenvalue weighted by molar-refractivity contribution is -0.384. The molecule has 0 spiro atoms. The minimum absolute atomic E-state index is 0.00967. The zero-order chi connectivity index (χ0) is 10.7. The summed E-state index contributed by atoms with van der Waals surface area (Å²) in [4.78, 5) is 13.4. The number of anilines is 1. The lowest BCUT2D eigenvalue weighted by Crippen LogP contribution is -2.14. The van der Waals surface area contributed by atoms with Gasteiger partial charge in [0.1, 0.15) is 6.10 Å². The average Bonchev–Trinajstić information content (AvgIpc) is 2.15. The molecule has 0 aromatic carbocycles. The van der Waals surface area contributed by atoms with Crippen LogP contribution in [-0.4, -0.2) is 21.6 Å². The lowest BCUT2D eigenvalue weighted by Gasteiger charge is -2.06. The van der Waals surface area contributed by atoms with E-state index in [0.29, 0.717) is 0 Å². The van der Waals surface area contributed by atoms with E-state index in [1.807, 2.05) is 0 Å². The van der Waals surface area contributed by atoms with E-state index in [2.05, 4.69) is 4.98 Å². The molecule has 0 fully saturated rings. The fourth-order valence-electron chi connectivity index (χ4n) is 0.944. The van der Waals surface area contributed by atoms with E-state index in [1.54, 1.807) is 0 Å². The molecule has 76 valence electrons. The quantitative estimate of drug-likeness (QED) is 0.446. The number of nitro groups is 1. The Morgan fingerprint density at radius 1 is 1.64 bits per heavy atom. The molecular weight excluding hydrogens is 188 g/mol. The maximum Gasteiger partial charge on any atom is 0.311 e. The second kappa shape index (κ2) is 3.99. The van der Waals surface area contributed by atoms with Crippen LogP contribution in [0.4, 0.5) is 11.5 Å². The summed E-state index contributed by atoms with van der Waals surface area (Å²) in [5.41, 5.74) is 10.4. The van der Waals surface area contributed by atoms with Gasteiger partial charge < -0.3 is 16.6 Å². The summed E-state index contributed by atoms with van der Waals surface area (Å²) >= 11 is 0. The van der Waals surface area contributed by atoms with Crippen molar-refractivity contribution in [2.24, 2.45) is 5.73 Å². The smallest absolute Gasteiger partial charge is 0.311 e. The first-order valence-corrected chi connectivity index (χ1v) is 3.85. The van der Waals surface area contributed by atoms with Crippen LogP contribution in [0.15, 0.2) is 12.1 Å². The molecule has 7 heteroatoms. The first kappa shape index (κ1) is 10.4. The van der Waals surface area contributed by atoms with E-state index in [1.165, 1.54) is 12.1 Å². The highest BCUT2D eigenvalue weighted by molar-refractivity contribution is 5.52. The lowest BCUT2D eigenvalue weighted by atomic mass is 10.2. The van der Waals surface area contributed by atoms with Crippen LogP contribution in [0.5, 0.6) is 0 Å². The van der Waals surface area contributed by atoms with Gasteiger partial charge in [-0.15, -0.1) is 0 Å². The van der Waals surface area contributed by atoms with Crippen LogP contribution in [-0.2, 0) is 0 Å². The first-order chi connectivity index (χ1) is 6.56. The summed E-state index contributed by atoms with van der Waals surface area (Å²) < 4.78 is 0. The van der Waals surface area contributed by atoms with Gasteiger partial charge in [0.25, 0.3) is 0 Å². The summed E-state index contributed by atoms with van der Waals surface area (Å²) in [7, 11) is 0. The monoisotopic (exact) mass is 198 g/mol. The SMILES string of the molecule is NCC(O)c1ccc([N+](=O)[O-])c(N)n1. The molecule has 0 amide bonds. The van der Waals surface area contributed by atoms with Gasteiger partial charge in [-0.2, -0.15) is 0 Å². The van der Waals surface area contributed by atoms with Crippen molar-refractivity contribution in [2.45, 2.75) is 6.10 Å². The predicted octanol–water partition coefficient (Wildman–Crippen LogP) is -0.436. The number of hydrogen-bond donors (Lipinski definition) is 3. The Morgan fingerprint density at radius 3 is 2.71 bits per heavy atom. The summed E-state index contributed by atoms with van der Waals surface area (Å²) in [5, 5.41) is 19.6. The van der Waals surface area contributed by atoms with Crippen molar-refractivity contribution in [1.82, 2.24) is 4.98 Å². The van der Waals surface area contributed by atoms with E-state index < -0.39 is 11.0 Å². The molecule has 0 saturated heterocycles. The summed E-state index contributed by atoms with van der Waals surface area (Å²) in [5.74, 6) is -0.222. The van der Waals surface area contributed by atoms with Crippen LogP contribution in [0.25, 0.3) is 0 Å². The number of aromatic nitrogens is 1. The van der Waals surface area contributed by atoms with Gasteiger partial charge in [-0.3, -0.25) is 10.1 Å². The van der Waals surface area contributed by atoms with Gasteiger partial charge in [0.15, 0.2) is 0 Å². The molecule has 1 rings (SSSR count).